The topological polar surface area (TPSA) is 78.7 Å². The first kappa shape index (κ1) is 19.8. The van der Waals surface area contributed by atoms with Crippen molar-refractivity contribution in [2.24, 2.45) is 0 Å². The number of hydrogen-bond donors (Lipinski definition) is 1. The summed E-state index contributed by atoms with van der Waals surface area (Å²) in [5, 5.41) is 6.11. The Morgan fingerprint density at radius 1 is 1.48 bits per heavy atom. The van der Waals surface area contributed by atoms with Crippen molar-refractivity contribution in [3.8, 4) is 0 Å². The third-order valence-electron chi connectivity index (χ3n) is 4.55. The molecule has 0 aromatic carbocycles. The molecule has 0 aliphatic carbocycles. The summed E-state index contributed by atoms with van der Waals surface area (Å²) in [6.45, 7) is 11.5. The number of thioether (sulfide) groups is 1. The van der Waals surface area contributed by atoms with E-state index in [9.17, 15) is 9.59 Å². The van der Waals surface area contributed by atoms with E-state index in [1.165, 1.54) is 11.8 Å². The van der Waals surface area contributed by atoms with Gasteiger partial charge in [0, 0.05) is 25.2 Å². The Kier molecular flexibility index (Phi) is 7.31. The van der Waals surface area contributed by atoms with Crippen LogP contribution in [0, 0.1) is 6.92 Å². The third kappa shape index (κ3) is 5.47. The van der Waals surface area contributed by atoms with E-state index in [0.717, 1.165) is 32.6 Å². The molecule has 1 fully saturated rings. The van der Waals surface area contributed by atoms with E-state index >= 15 is 0 Å². The van der Waals surface area contributed by atoms with Crippen LogP contribution in [-0.4, -0.2) is 70.0 Å². The largest absolute Gasteiger partial charge is 0.360 e. The predicted molar refractivity (Wildman–Crippen MR) is 99.7 cm³/mol. The highest BCUT2D eigenvalue weighted by molar-refractivity contribution is 8.01. The first-order valence-corrected chi connectivity index (χ1v) is 9.87. The summed E-state index contributed by atoms with van der Waals surface area (Å²) < 4.78 is 4.92. The molecule has 7 nitrogen and oxygen atoms in total. The van der Waals surface area contributed by atoms with Gasteiger partial charge in [0.2, 0.25) is 11.8 Å². The van der Waals surface area contributed by atoms with E-state index in [-0.39, 0.29) is 17.1 Å². The molecule has 2 amide bonds. The molecule has 1 aromatic rings. The zero-order valence-electron chi connectivity index (χ0n) is 15.4. The first-order chi connectivity index (χ1) is 11.9. The van der Waals surface area contributed by atoms with Crippen LogP contribution in [0.1, 0.15) is 33.0 Å². The lowest BCUT2D eigenvalue weighted by Gasteiger charge is -2.26. The summed E-state index contributed by atoms with van der Waals surface area (Å²) >= 11 is 1.35. The second-order valence-corrected chi connectivity index (χ2v) is 7.60. The number of aromatic nitrogens is 1. The summed E-state index contributed by atoms with van der Waals surface area (Å²) in [6, 6.07) is 2.12. The van der Waals surface area contributed by atoms with Crippen LogP contribution in [0.2, 0.25) is 0 Å². The maximum absolute atomic E-state index is 12.4. The molecule has 2 heterocycles. The van der Waals surface area contributed by atoms with Crippen LogP contribution in [0.4, 0.5) is 5.82 Å². The normalized spacial score (nSPS) is 18.6. The van der Waals surface area contributed by atoms with E-state index < -0.39 is 0 Å². The Bertz CT molecular complexity index is 588. The Hall–Kier alpha value is -1.54. The number of anilines is 1. The minimum Gasteiger partial charge on any atom is -0.360 e. The van der Waals surface area contributed by atoms with Crippen molar-refractivity contribution in [3.05, 3.63) is 11.8 Å². The molecular weight excluding hydrogens is 340 g/mol. The number of carbonyl (C=O) groups is 2. The lowest BCUT2D eigenvalue weighted by Crippen LogP contribution is -2.39. The van der Waals surface area contributed by atoms with Gasteiger partial charge in [-0.25, -0.2) is 0 Å². The van der Waals surface area contributed by atoms with Gasteiger partial charge in [-0.3, -0.25) is 14.5 Å². The summed E-state index contributed by atoms with van der Waals surface area (Å²) in [7, 11) is 0. The average molecular weight is 369 g/mol. The highest BCUT2D eigenvalue weighted by atomic mass is 32.2. The van der Waals surface area contributed by atoms with Crippen molar-refractivity contribution >= 4 is 29.4 Å². The molecule has 2 rings (SSSR count). The molecule has 25 heavy (non-hydrogen) atoms. The fraction of sp³-hybridized carbons (Fsp3) is 0.706. The van der Waals surface area contributed by atoms with Crippen LogP contribution in [0.3, 0.4) is 0 Å². The molecule has 0 spiro atoms. The highest BCUT2D eigenvalue weighted by Crippen LogP contribution is 2.19. The summed E-state index contributed by atoms with van der Waals surface area (Å²) in [6.07, 6.45) is 1.03. The van der Waals surface area contributed by atoms with E-state index in [4.69, 9.17) is 4.52 Å². The molecule has 1 aromatic heterocycles. The second kappa shape index (κ2) is 9.24. The zero-order chi connectivity index (χ0) is 18.4. The van der Waals surface area contributed by atoms with Gasteiger partial charge < -0.3 is 14.7 Å². The van der Waals surface area contributed by atoms with E-state index in [1.807, 2.05) is 4.90 Å². The fourth-order valence-electron chi connectivity index (χ4n) is 3.02. The summed E-state index contributed by atoms with van der Waals surface area (Å²) in [5.41, 5.74) is 0. The Balaban J connectivity index is 1.75. The molecule has 2 atom stereocenters. The zero-order valence-corrected chi connectivity index (χ0v) is 16.3. The maximum atomic E-state index is 12.4. The van der Waals surface area contributed by atoms with Crippen LogP contribution in [0.15, 0.2) is 10.6 Å². The number of nitrogens with one attached hydrogen (secondary N) is 1. The van der Waals surface area contributed by atoms with Gasteiger partial charge in [0.25, 0.3) is 0 Å². The lowest BCUT2D eigenvalue weighted by atomic mass is 10.2. The molecule has 0 radical (unpaired) electrons. The quantitative estimate of drug-likeness (QED) is 0.756. The van der Waals surface area contributed by atoms with Crippen molar-refractivity contribution in [1.29, 1.82) is 0 Å². The molecule has 1 aliphatic heterocycles. The standard InChI is InChI=1S/C17H28N4O3S/c1-5-20(6-2)14-7-8-21(10-14)16(22)11-25-13(4)17(23)18-15-9-12(3)24-19-15/h9,13-14H,5-8,10-11H2,1-4H3,(H,18,19,23)/t13-,14+/m0/s1. The highest BCUT2D eigenvalue weighted by Gasteiger charge is 2.29. The minimum atomic E-state index is -0.331. The number of rotatable bonds is 8. The lowest BCUT2D eigenvalue weighted by molar-refractivity contribution is -0.127. The maximum Gasteiger partial charge on any atom is 0.238 e. The molecule has 140 valence electrons. The van der Waals surface area contributed by atoms with Crippen molar-refractivity contribution < 1.29 is 14.1 Å². The molecule has 1 N–H and O–H groups in total. The van der Waals surface area contributed by atoms with E-state index in [2.05, 4.69) is 29.2 Å². The van der Waals surface area contributed by atoms with Gasteiger partial charge in [-0.05, 0) is 33.4 Å². The smallest absolute Gasteiger partial charge is 0.238 e. The monoisotopic (exact) mass is 368 g/mol. The number of carbonyl (C=O) groups excluding carboxylic acids is 2. The number of nitrogens with zero attached hydrogens (tertiary/aromatic N) is 3. The molecule has 1 saturated heterocycles. The van der Waals surface area contributed by atoms with Gasteiger partial charge in [-0.2, -0.15) is 0 Å². The van der Waals surface area contributed by atoms with Crippen molar-refractivity contribution in [2.45, 2.75) is 45.4 Å². The van der Waals surface area contributed by atoms with Gasteiger partial charge in [0.15, 0.2) is 5.82 Å². The van der Waals surface area contributed by atoms with Gasteiger partial charge >= 0.3 is 0 Å². The van der Waals surface area contributed by atoms with Crippen LogP contribution >= 0.6 is 11.8 Å². The Labute approximate surface area is 153 Å². The predicted octanol–water partition coefficient (Wildman–Crippen LogP) is 1.99. The fourth-order valence-corrected chi connectivity index (χ4v) is 3.81. The Morgan fingerprint density at radius 2 is 2.20 bits per heavy atom. The number of aryl methyl sites for hydroxylation is 1. The molecular formula is C17H28N4O3S. The van der Waals surface area contributed by atoms with Crippen molar-refractivity contribution in [1.82, 2.24) is 15.0 Å². The van der Waals surface area contributed by atoms with Crippen LogP contribution in [-0.2, 0) is 9.59 Å². The Morgan fingerprint density at radius 3 is 2.80 bits per heavy atom. The van der Waals surface area contributed by atoms with Gasteiger partial charge in [-0.15, -0.1) is 11.8 Å². The van der Waals surface area contributed by atoms with Crippen molar-refractivity contribution in [2.75, 3.05) is 37.2 Å². The number of likely N-dealkylation sites (N-methyl/N-ethyl adjacent to an activating group) is 1. The second-order valence-electron chi connectivity index (χ2n) is 6.27. The number of amides is 2. The first-order valence-electron chi connectivity index (χ1n) is 8.82. The van der Waals surface area contributed by atoms with Gasteiger partial charge in [0.1, 0.15) is 5.76 Å². The molecule has 0 saturated carbocycles. The summed E-state index contributed by atoms with van der Waals surface area (Å²) in [4.78, 5) is 28.9. The molecule has 0 unspecified atom stereocenters. The van der Waals surface area contributed by atoms with E-state index in [0.29, 0.717) is 23.4 Å². The third-order valence-corrected chi connectivity index (χ3v) is 5.68. The van der Waals surface area contributed by atoms with Gasteiger partial charge in [-0.1, -0.05) is 19.0 Å². The van der Waals surface area contributed by atoms with E-state index in [1.54, 1.807) is 19.9 Å². The average Bonchev–Trinajstić information content (AvgIpc) is 3.23. The number of hydrogen-bond acceptors (Lipinski definition) is 6. The van der Waals surface area contributed by atoms with Crippen LogP contribution in [0.5, 0.6) is 0 Å². The molecule has 8 heteroatoms. The van der Waals surface area contributed by atoms with Crippen LogP contribution < -0.4 is 5.32 Å². The van der Waals surface area contributed by atoms with Crippen molar-refractivity contribution in [3.63, 3.8) is 0 Å². The van der Waals surface area contributed by atoms with Crippen LogP contribution in [0.25, 0.3) is 0 Å². The summed E-state index contributed by atoms with van der Waals surface area (Å²) in [5.74, 6) is 1.30. The van der Waals surface area contributed by atoms with Gasteiger partial charge in [0.05, 0.1) is 11.0 Å². The molecule has 1 aliphatic rings. The SMILES string of the molecule is CCN(CC)[C@@H]1CCN(C(=O)CS[C@@H](C)C(=O)Nc2cc(C)on2)C1. The minimum absolute atomic E-state index is 0.108. The molecule has 0 bridgehead atoms. The number of likely N-dealkylation sites (tertiary alicyclic amines) is 1.